The van der Waals surface area contributed by atoms with Crippen molar-refractivity contribution < 1.29 is 13.7 Å². The average molecular weight is 769 g/mol. The Labute approximate surface area is 363 Å². The molecule has 0 radical (unpaired) electrons. The number of hydrogen-bond acceptors (Lipinski definition) is 0. The fourth-order valence-corrected chi connectivity index (χ4v) is 9.08. The maximum Gasteiger partial charge on any atom is 0.0629 e. The number of fused-ring (bicyclic) bond motifs is 2. The van der Waals surface area contributed by atoms with E-state index >= 15 is 0 Å². The van der Waals surface area contributed by atoms with E-state index in [4.69, 9.17) is 8.22 Å². The first kappa shape index (κ1) is 25.5. The number of hydrogen-bond donors (Lipinski definition) is 0. The Morgan fingerprint density at radius 1 is 0.233 bits per heavy atom. The molecule has 12 aromatic carbocycles. The normalized spacial score (nSPS) is 14.0. The van der Waals surface area contributed by atoms with Gasteiger partial charge in [-0.05, 0) is 145 Å². The lowest BCUT2D eigenvalue weighted by molar-refractivity contribution is 1.61. The molecule has 0 N–H and O–H groups in total. The molecule has 0 heterocycles. The summed E-state index contributed by atoms with van der Waals surface area (Å²) in [7, 11) is 0. The molecule has 0 fully saturated rings. The maximum atomic E-state index is 9.21. The fraction of sp³-hybridized carbons (Fsp3) is 0. The Morgan fingerprint density at radius 2 is 0.550 bits per heavy atom. The van der Waals surface area contributed by atoms with Crippen molar-refractivity contribution in [2.45, 2.75) is 0 Å². The molecule has 0 spiro atoms. The Morgan fingerprint density at radius 3 is 0.933 bits per heavy atom. The summed E-state index contributed by atoms with van der Waals surface area (Å²) in [5.74, 6) is 0. The largest absolute Gasteiger partial charge is 0.0629 e. The Balaban J connectivity index is 1.16. The van der Waals surface area contributed by atoms with Crippen molar-refractivity contribution in [3.8, 4) is 66.8 Å². The quantitative estimate of drug-likeness (QED) is 0.148. The van der Waals surface area contributed by atoms with Crippen LogP contribution in [0.5, 0.6) is 0 Å². The average Bonchev–Trinajstić information content (AvgIpc) is 3.40. The molecular weight excluding hydrogens is 721 g/mol. The smallest absolute Gasteiger partial charge is 0.0622 e. The van der Waals surface area contributed by atoms with E-state index < -0.39 is 36.3 Å². The molecule has 0 aliphatic carbocycles. The standard InChI is InChI=1S/C60H38/c1-3-13-43(14-4-1)55-37-57(45-25-19-41(20-26-45)49-29-23-39-11-7-9-17-47(39)35-49)53-34-32-52-56(44-15-5-2-6-16-44)38-58(54-33-31-51(55)59(53)60(52)54)46-27-21-42(22-28-46)50-30-24-40-12-8-10-18-48(40)36-50/h1-38H/i1D,2D,3D,4D,5D,6D,13D,14D,15D,16D. The fourth-order valence-electron chi connectivity index (χ4n) is 9.08. The highest BCUT2D eigenvalue weighted by atomic mass is 14.2. The predicted octanol–water partition coefficient (Wildman–Crippen LogP) is 16.9. The van der Waals surface area contributed by atoms with Crippen LogP contribution in [0.2, 0.25) is 0 Å². The van der Waals surface area contributed by atoms with E-state index in [2.05, 4.69) is 84.9 Å². The van der Waals surface area contributed by atoms with Gasteiger partial charge in [0.05, 0.1) is 13.7 Å². The van der Waals surface area contributed by atoms with Gasteiger partial charge in [0.25, 0.3) is 0 Å². The van der Waals surface area contributed by atoms with Crippen molar-refractivity contribution in [2.24, 2.45) is 0 Å². The van der Waals surface area contributed by atoms with E-state index in [1.54, 1.807) is 0 Å². The topological polar surface area (TPSA) is 0 Å². The summed E-state index contributed by atoms with van der Waals surface area (Å²) in [5, 5.41) is 8.98. The second kappa shape index (κ2) is 13.9. The van der Waals surface area contributed by atoms with Gasteiger partial charge in [-0.2, -0.15) is 0 Å². The summed E-state index contributed by atoms with van der Waals surface area (Å²) in [4.78, 5) is 0. The molecule has 12 rings (SSSR count). The zero-order chi connectivity index (χ0) is 48.3. The zero-order valence-electron chi connectivity index (χ0n) is 42.2. The van der Waals surface area contributed by atoms with E-state index in [1.807, 2.05) is 84.9 Å². The molecule has 0 saturated heterocycles. The molecule has 0 aliphatic heterocycles. The molecule has 60 heavy (non-hydrogen) atoms. The van der Waals surface area contributed by atoms with Gasteiger partial charge in [0.2, 0.25) is 0 Å². The third-order valence-corrected chi connectivity index (χ3v) is 12.0. The second-order valence-electron chi connectivity index (χ2n) is 15.3. The monoisotopic (exact) mass is 768 g/mol. The van der Waals surface area contributed by atoms with Crippen LogP contribution in [0.4, 0.5) is 0 Å². The molecule has 0 saturated carbocycles. The SMILES string of the molecule is [2H]c1c([2H])c([2H])c(-c2cc(-c3ccc(-c4ccc5ccccc5c4)cc3)c3ccc4c(-c5c([2H])c([2H])c([2H])c([2H])c5[2H])cc(-c5ccc(-c6ccc7ccccc7c6)cc5)c5ccc2c3c54)c([2H])c1[2H]. The molecular formula is C60H38. The van der Waals surface area contributed by atoms with Gasteiger partial charge in [-0.1, -0.05) is 206 Å². The second-order valence-corrected chi connectivity index (χ2v) is 15.3. The molecule has 0 atom stereocenters. The first-order valence-corrected chi connectivity index (χ1v) is 20.0. The zero-order valence-corrected chi connectivity index (χ0v) is 32.2. The molecule has 0 heteroatoms. The van der Waals surface area contributed by atoms with Gasteiger partial charge < -0.3 is 0 Å². The van der Waals surface area contributed by atoms with Crippen molar-refractivity contribution in [3.63, 3.8) is 0 Å². The minimum absolute atomic E-state index is 0.0633. The van der Waals surface area contributed by atoms with Crippen molar-refractivity contribution in [1.29, 1.82) is 0 Å². The molecule has 0 amide bonds. The lowest BCUT2D eigenvalue weighted by Gasteiger charge is -2.21. The molecule has 0 bridgehead atoms. The van der Waals surface area contributed by atoms with Crippen LogP contribution in [-0.4, -0.2) is 0 Å². The Hall–Kier alpha value is -7.80. The summed E-state index contributed by atoms with van der Waals surface area (Å²) >= 11 is 0. The highest BCUT2D eigenvalue weighted by molar-refractivity contribution is 6.32. The van der Waals surface area contributed by atoms with Crippen molar-refractivity contribution in [1.82, 2.24) is 0 Å². The summed E-state index contributed by atoms with van der Waals surface area (Å²) in [6, 6.07) is 53.3. The van der Waals surface area contributed by atoms with Crippen LogP contribution in [-0.2, 0) is 0 Å². The molecule has 278 valence electrons. The van der Waals surface area contributed by atoms with Gasteiger partial charge in [-0.15, -0.1) is 0 Å². The van der Waals surface area contributed by atoms with Crippen LogP contribution in [0.25, 0.3) is 121 Å². The maximum absolute atomic E-state index is 9.21. The van der Waals surface area contributed by atoms with Crippen molar-refractivity contribution in [3.05, 3.63) is 230 Å². The van der Waals surface area contributed by atoms with E-state index in [1.165, 1.54) is 0 Å². The summed E-state index contributed by atoms with van der Waals surface area (Å²) < 4.78 is 88.7. The Kier molecular flexibility index (Phi) is 5.93. The van der Waals surface area contributed by atoms with Gasteiger partial charge >= 0.3 is 0 Å². The molecule has 12 aromatic rings. The third-order valence-electron chi connectivity index (χ3n) is 12.0. The van der Waals surface area contributed by atoms with Gasteiger partial charge in [0.15, 0.2) is 0 Å². The van der Waals surface area contributed by atoms with E-state index in [0.29, 0.717) is 21.9 Å². The summed E-state index contributed by atoms with van der Waals surface area (Å²) in [5.41, 5.74) is 8.36. The molecule has 0 aromatic heterocycles. The van der Waals surface area contributed by atoms with E-state index in [-0.39, 0.29) is 35.3 Å². The molecule has 0 nitrogen and oxygen atoms in total. The minimum Gasteiger partial charge on any atom is -0.0622 e. The Bertz CT molecular complexity index is 3830. The third kappa shape index (κ3) is 5.69. The van der Waals surface area contributed by atoms with Gasteiger partial charge in [-0.3, -0.25) is 0 Å². The van der Waals surface area contributed by atoms with Crippen LogP contribution in [0.15, 0.2) is 230 Å². The van der Waals surface area contributed by atoms with E-state index in [0.717, 1.165) is 87.6 Å². The van der Waals surface area contributed by atoms with Crippen molar-refractivity contribution >= 4 is 53.9 Å². The minimum atomic E-state index is -0.486. The first-order chi connectivity index (χ1) is 33.9. The lowest BCUT2D eigenvalue weighted by Crippen LogP contribution is -1.94. The predicted molar refractivity (Wildman–Crippen MR) is 258 cm³/mol. The first-order valence-electron chi connectivity index (χ1n) is 25.0. The number of rotatable bonds is 6. The van der Waals surface area contributed by atoms with Crippen LogP contribution in [0.1, 0.15) is 13.7 Å². The molecule has 0 unspecified atom stereocenters. The summed E-state index contributed by atoms with van der Waals surface area (Å²) in [6.45, 7) is 0. The highest BCUT2D eigenvalue weighted by Crippen LogP contribution is 2.48. The van der Waals surface area contributed by atoms with Crippen LogP contribution in [0.3, 0.4) is 0 Å². The lowest BCUT2D eigenvalue weighted by atomic mass is 9.82. The van der Waals surface area contributed by atoms with E-state index in [9.17, 15) is 5.48 Å². The summed E-state index contributed by atoms with van der Waals surface area (Å²) in [6.07, 6.45) is 0. The highest BCUT2D eigenvalue weighted by Gasteiger charge is 2.21. The van der Waals surface area contributed by atoms with Gasteiger partial charge in [0, 0.05) is 0 Å². The van der Waals surface area contributed by atoms with Crippen LogP contribution >= 0.6 is 0 Å². The van der Waals surface area contributed by atoms with Gasteiger partial charge in [-0.25, -0.2) is 0 Å². The van der Waals surface area contributed by atoms with Gasteiger partial charge in [0.1, 0.15) is 0 Å². The number of benzene rings is 12. The van der Waals surface area contributed by atoms with Crippen LogP contribution < -0.4 is 0 Å². The van der Waals surface area contributed by atoms with Crippen LogP contribution in [0, 0.1) is 0 Å². The van der Waals surface area contributed by atoms with Crippen molar-refractivity contribution in [2.75, 3.05) is 0 Å². The molecule has 0 aliphatic rings.